The van der Waals surface area contributed by atoms with E-state index >= 15 is 0 Å². The van der Waals surface area contributed by atoms with Gasteiger partial charge in [0.1, 0.15) is 0 Å². The Labute approximate surface area is 72.2 Å². The first kappa shape index (κ1) is 9.10. The van der Waals surface area contributed by atoms with Gasteiger partial charge in [-0.15, -0.1) is 0 Å². The van der Waals surface area contributed by atoms with Gasteiger partial charge in [-0.3, -0.25) is 9.89 Å². The van der Waals surface area contributed by atoms with Gasteiger partial charge in [0.05, 0.1) is 0 Å². The zero-order valence-corrected chi connectivity index (χ0v) is 7.90. The first-order valence-electron chi connectivity index (χ1n) is 4.40. The van der Waals surface area contributed by atoms with Crippen molar-refractivity contribution in [3.05, 3.63) is 22.1 Å². The molecule has 0 aliphatic heterocycles. The molecule has 0 spiro atoms. The summed E-state index contributed by atoms with van der Waals surface area (Å²) in [6, 6.07) is 1.65. The van der Waals surface area contributed by atoms with Gasteiger partial charge in [0.2, 0.25) is 0 Å². The Kier molecular flexibility index (Phi) is 2.40. The summed E-state index contributed by atoms with van der Waals surface area (Å²) in [7, 11) is 0. The first-order valence-corrected chi connectivity index (χ1v) is 4.40. The Morgan fingerprint density at radius 3 is 2.25 bits per heavy atom. The van der Waals surface area contributed by atoms with Crippen LogP contribution >= 0.6 is 0 Å². The molecule has 0 bridgehead atoms. The summed E-state index contributed by atoms with van der Waals surface area (Å²) in [5.74, 6) is 0. The smallest absolute Gasteiger partial charge is 0.264 e. The average molecular weight is 168 g/mol. The maximum atomic E-state index is 10.9. The monoisotopic (exact) mass is 168 g/mol. The number of aromatic amines is 2. The van der Waals surface area contributed by atoms with Crippen molar-refractivity contribution in [1.29, 1.82) is 0 Å². The molecule has 0 saturated heterocycles. The van der Waals surface area contributed by atoms with Crippen molar-refractivity contribution in [3.63, 3.8) is 0 Å². The highest BCUT2D eigenvalue weighted by molar-refractivity contribution is 5.12. The lowest BCUT2D eigenvalue weighted by Gasteiger charge is -2.24. The zero-order chi connectivity index (χ0) is 9.19. The van der Waals surface area contributed by atoms with Gasteiger partial charge in [0.25, 0.3) is 5.56 Å². The average Bonchev–Trinajstić information content (AvgIpc) is 2.51. The van der Waals surface area contributed by atoms with Gasteiger partial charge in [-0.2, -0.15) is 0 Å². The van der Waals surface area contributed by atoms with Gasteiger partial charge >= 0.3 is 0 Å². The molecule has 0 atom stereocenters. The fourth-order valence-corrected chi connectivity index (χ4v) is 1.29. The molecule has 1 rings (SSSR count). The second-order valence-electron chi connectivity index (χ2n) is 3.44. The fourth-order valence-electron chi connectivity index (χ4n) is 1.29. The third kappa shape index (κ3) is 1.44. The molecule has 0 amide bonds. The van der Waals surface area contributed by atoms with Gasteiger partial charge in [0, 0.05) is 17.2 Å². The van der Waals surface area contributed by atoms with E-state index in [2.05, 4.69) is 31.0 Å². The van der Waals surface area contributed by atoms with Crippen LogP contribution in [0.25, 0.3) is 0 Å². The van der Waals surface area contributed by atoms with E-state index in [9.17, 15) is 4.79 Å². The van der Waals surface area contributed by atoms with Crippen molar-refractivity contribution in [3.8, 4) is 0 Å². The zero-order valence-electron chi connectivity index (χ0n) is 7.90. The van der Waals surface area contributed by atoms with Crippen molar-refractivity contribution in [2.45, 2.75) is 39.0 Å². The summed E-state index contributed by atoms with van der Waals surface area (Å²) in [5.41, 5.74) is 1.08. The highest BCUT2D eigenvalue weighted by atomic mass is 16.1. The van der Waals surface area contributed by atoms with Gasteiger partial charge in [-0.05, 0) is 12.8 Å². The topological polar surface area (TPSA) is 48.6 Å². The SMILES string of the molecule is CCC(C)(CC)c1cc(=O)[nH][nH]1. The normalized spacial score (nSPS) is 11.9. The molecule has 0 aromatic carbocycles. The Morgan fingerprint density at radius 2 is 1.92 bits per heavy atom. The van der Waals surface area contributed by atoms with Crippen LogP contribution in [0.4, 0.5) is 0 Å². The Balaban J connectivity index is 3.02. The maximum Gasteiger partial charge on any atom is 0.264 e. The third-order valence-corrected chi connectivity index (χ3v) is 2.81. The summed E-state index contributed by atoms with van der Waals surface area (Å²) in [6.45, 7) is 6.43. The van der Waals surface area contributed by atoms with Crippen LogP contribution in [0, 0.1) is 0 Å². The number of hydrogen-bond donors (Lipinski definition) is 2. The molecule has 1 aromatic rings. The van der Waals surface area contributed by atoms with Crippen LogP contribution < -0.4 is 5.56 Å². The predicted octanol–water partition coefficient (Wildman–Crippen LogP) is 1.78. The molecule has 12 heavy (non-hydrogen) atoms. The highest BCUT2D eigenvalue weighted by Gasteiger charge is 2.23. The van der Waals surface area contributed by atoms with E-state index in [1.54, 1.807) is 6.07 Å². The Bertz CT molecular complexity index is 293. The van der Waals surface area contributed by atoms with E-state index in [0.717, 1.165) is 18.5 Å². The fraction of sp³-hybridized carbons (Fsp3) is 0.667. The van der Waals surface area contributed by atoms with Crippen LogP contribution in [0.15, 0.2) is 10.9 Å². The lowest BCUT2D eigenvalue weighted by molar-refractivity contribution is 0.425. The largest absolute Gasteiger partial charge is 0.302 e. The van der Waals surface area contributed by atoms with E-state index in [1.165, 1.54) is 0 Å². The first-order chi connectivity index (χ1) is 5.62. The van der Waals surface area contributed by atoms with Crippen molar-refractivity contribution < 1.29 is 0 Å². The van der Waals surface area contributed by atoms with Crippen LogP contribution in [0.3, 0.4) is 0 Å². The van der Waals surface area contributed by atoms with Crippen molar-refractivity contribution >= 4 is 0 Å². The van der Waals surface area contributed by atoms with E-state index in [1.807, 2.05) is 0 Å². The second-order valence-corrected chi connectivity index (χ2v) is 3.44. The molecule has 0 unspecified atom stereocenters. The molecule has 1 aromatic heterocycles. The van der Waals surface area contributed by atoms with Gasteiger partial charge in [-0.1, -0.05) is 20.8 Å². The Hall–Kier alpha value is -0.990. The summed E-state index contributed by atoms with van der Waals surface area (Å²) >= 11 is 0. The molecule has 0 aliphatic rings. The van der Waals surface area contributed by atoms with Crippen LogP contribution in [-0.2, 0) is 5.41 Å². The molecular formula is C9H16N2O. The summed E-state index contributed by atoms with van der Waals surface area (Å²) < 4.78 is 0. The van der Waals surface area contributed by atoms with Gasteiger partial charge in [0.15, 0.2) is 0 Å². The molecule has 3 heteroatoms. The Morgan fingerprint density at radius 1 is 1.33 bits per heavy atom. The summed E-state index contributed by atoms with van der Waals surface area (Å²) in [4.78, 5) is 10.9. The van der Waals surface area contributed by atoms with Crippen LogP contribution in [-0.4, -0.2) is 10.2 Å². The number of H-pyrrole nitrogens is 2. The number of rotatable bonds is 3. The number of nitrogens with one attached hydrogen (secondary N) is 2. The number of aromatic nitrogens is 2. The van der Waals surface area contributed by atoms with Crippen LogP contribution in [0.2, 0.25) is 0 Å². The summed E-state index contributed by atoms with van der Waals surface area (Å²) in [6.07, 6.45) is 2.08. The molecule has 2 N–H and O–H groups in total. The summed E-state index contributed by atoms with van der Waals surface area (Å²) in [5, 5.41) is 5.47. The molecule has 0 aliphatic carbocycles. The van der Waals surface area contributed by atoms with E-state index in [-0.39, 0.29) is 11.0 Å². The van der Waals surface area contributed by atoms with Crippen LogP contribution in [0.5, 0.6) is 0 Å². The second kappa shape index (κ2) is 3.17. The predicted molar refractivity (Wildman–Crippen MR) is 49.3 cm³/mol. The number of hydrogen-bond acceptors (Lipinski definition) is 1. The van der Waals surface area contributed by atoms with Crippen LogP contribution in [0.1, 0.15) is 39.3 Å². The van der Waals surface area contributed by atoms with E-state index in [0.29, 0.717) is 0 Å². The lowest BCUT2D eigenvalue weighted by atomic mass is 9.82. The minimum absolute atomic E-state index is 0.0434. The molecule has 68 valence electrons. The minimum atomic E-state index is -0.0434. The molecular weight excluding hydrogens is 152 g/mol. The van der Waals surface area contributed by atoms with Crippen molar-refractivity contribution in [2.75, 3.05) is 0 Å². The van der Waals surface area contributed by atoms with Gasteiger partial charge < -0.3 is 5.10 Å². The molecule has 0 saturated carbocycles. The standard InChI is InChI=1S/C9H16N2O/c1-4-9(3,5-2)7-6-8(12)11-10-7/h6H,4-5H2,1-3H3,(H2,10,11,12). The molecule has 1 heterocycles. The molecule has 3 nitrogen and oxygen atoms in total. The minimum Gasteiger partial charge on any atom is -0.302 e. The third-order valence-electron chi connectivity index (χ3n) is 2.81. The van der Waals surface area contributed by atoms with Crippen molar-refractivity contribution in [1.82, 2.24) is 10.2 Å². The quantitative estimate of drug-likeness (QED) is 0.710. The van der Waals surface area contributed by atoms with Crippen molar-refractivity contribution in [2.24, 2.45) is 0 Å². The maximum absolute atomic E-state index is 10.9. The molecule has 0 fully saturated rings. The van der Waals surface area contributed by atoms with E-state index in [4.69, 9.17) is 0 Å². The van der Waals surface area contributed by atoms with E-state index < -0.39 is 0 Å². The lowest BCUT2D eigenvalue weighted by Crippen LogP contribution is -2.20. The highest BCUT2D eigenvalue weighted by Crippen LogP contribution is 2.27. The van der Waals surface area contributed by atoms with Gasteiger partial charge in [-0.25, -0.2) is 0 Å². The molecule has 0 radical (unpaired) electrons.